The van der Waals surface area contributed by atoms with Gasteiger partial charge in [0.2, 0.25) is 0 Å². The molecule has 140 valence electrons. The molecule has 0 atom stereocenters. The van der Waals surface area contributed by atoms with Crippen LogP contribution in [0.5, 0.6) is 17.2 Å². The molecule has 2 N–H and O–H groups in total. The van der Waals surface area contributed by atoms with Crippen molar-refractivity contribution in [1.29, 1.82) is 0 Å². The van der Waals surface area contributed by atoms with Crippen molar-refractivity contribution in [2.75, 3.05) is 39.2 Å². The highest BCUT2D eigenvalue weighted by Crippen LogP contribution is 2.30. The number of hydrogen-bond acceptors (Lipinski definition) is 4. The molecule has 2 rings (SSSR count). The zero-order chi connectivity index (χ0) is 18.8. The van der Waals surface area contributed by atoms with Crippen LogP contribution in [0.4, 0.5) is 5.69 Å². The van der Waals surface area contributed by atoms with Crippen LogP contribution in [0.2, 0.25) is 0 Å². The molecule has 6 heteroatoms. The second-order valence-corrected chi connectivity index (χ2v) is 5.59. The van der Waals surface area contributed by atoms with Gasteiger partial charge in [-0.25, -0.2) is 0 Å². The molecule has 2 aromatic carbocycles. The number of aliphatic imine (C=N–C) groups is 1. The van der Waals surface area contributed by atoms with Crippen molar-refractivity contribution in [2.24, 2.45) is 4.99 Å². The van der Waals surface area contributed by atoms with Crippen molar-refractivity contribution in [3.8, 4) is 17.2 Å². The van der Waals surface area contributed by atoms with Gasteiger partial charge in [0.15, 0.2) is 17.5 Å². The average molecular weight is 357 g/mol. The van der Waals surface area contributed by atoms with Gasteiger partial charge in [0.05, 0.1) is 20.3 Å². The molecule has 0 aliphatic rings. The maximum Gasteiger partial charge on any atom is 0.195 e. The molecule has 0 fully saturated rings. The lowest BCUT2D eigenvalue weighted by Gasteiger charge is -2.15. The fraction of sp³-hybridized carbons (Fsp3) is 0.350. The third kappa shape index (κ3) is 5.88. The third-order valence-corrected chi connectivity index (χ3v) is 3.60. The lowest BCUT2D eigenvalue weighted by atomic mass is 10.2. The van der Waals surface area contributed by atoms with E-state index in [2.05, 4.69) is 15.6 Å². The first-order valence-electron chi connectivity index (χ1n) is 8.64. The summed E-state index contributed by atoms with van der Waals surface area (Å²) in [5.74, 6) is 2.92. The van der Waals surface area contributed by atoms with E-state index >= 15 is 0 Å². The average Bonchev–Trinajstić information content (AvgIpc) is 2.65. The quantitative estimate of drug-likeness (QED) is 0.430. The fourth-order valence-electron chi connectivity index (χ4n) is 2.38. The van der Waals surface area contributed by atoms with E-state index in [4.69, 9.17) is 14.2 Å². The van der Waals surface area contributed by atoms with Crippen LogP contribution in [0.15, 0.2) is 47.5 Å². The highest BCUT2D eigenvalue weighted by molar-refractivity contribution is 5.93. The summed E-state index contributed by atoms with van der Waals surface area (Å²) in [4.78, 5) is 4.23. The van der Waals surface area contributed by atoms with Crippen LogP contribution >= 0.6 is 0 Å². The first-order valence-corrected chi connectivity index (χ1v) is 8.64. The van der Waals surface area contributed by atoms with Gasteiger partial charge in [-0.05, 0) is 43.7 Å². The van der Waals surface area contributed by atoms with E-state index in [9.17, 15) is 0 Å². The zero-order valence-corrected chi connectivity index (χ0v) is 15.8. The number of rotatable bonds is 8. The van der Waals surface area contributed by atoms with Gasteiger partial charge >= 0.3 is 0 Å². The van der Waals surface area contributed by atoms with Gasteiger partial charge < -0.3 is 24.8 Å². The Balaban J connectivity index is 1.86. The van der Waals surface area contributed by atoms with Gasteiger partial charge in [-0.3, -0.25) is 4.99 Å². The predicted molar refractivity (Wildman–Crippen MR) is 106 cm³/mol. The molecule has 0 aliphatic carbocycles. The smallest absolute Gasteiger partial charge is 0.195 e. The van der Waals surface area contributed by atoms with E-state index < -0.39 is 0 Å². The summed E-state index contributed by atoms with van der Waals surface area (Å²) in [6.45, 7) is 5.72. The molecular formula is C20H27N3O3. The van der Waals surface area contributed by atoms with Crippen LogP contribution in [0.3, 0.4) is 0 Å². The fourth-order valence-corrected chi connectivity index (χ4v) is 2.38. The van der Waals surface area contributed by atoms with E-state index in [1.54, 1.807) is 14.2 Å². The minimum Gasteiger partial charge on any atom is -0.493 e. The highest BCUT2D eigenvalue weighted by Gasteiger charge is 2.07. The van der Waals surface area contributed by atoms with E-state index in [0.717, 1.165) is 11.4 Å². The lowest BCUT2D eigenvalue weighted by molar-refractivity contribution is 0.311. The molecule has 26 heavy (non-hydrogen) atoms. The Morgan fingerprint density at radius 3 is 2.62 bits per heavy atom. The zero-order valence-electron chi connectivity index (χ0n) is 15.8. The SMILES string of the molecule is CCOc1cc(NC(=NC)NCCOc2cccc(C)c2)ccc1OC. The van der Waals surface area contributed by atoms with Gasteiger partial charge in [0, 0.05) is 18.8 Å². The summed E-state index contributed by atoms with van der Waals surface area (Å²) < 4.78 is 16.6. The van der Waals surface area contributed by atoms with Crippen LogP contribution in [0.1, 0.15) is 12.5 Å². The summed E-state index contributed by atoms with van der Waals surface area (Å²) in [7, 11) is 3.35. The molecule has 0 heterocycles. The molecule has 0 aromatic heterocycles. The van der Waals surface area contributed by atoms with Gasteiger partial charge in [0.1, 0.15) is 12.4 Å². The Labute approximate surface area is 155 Å². The van der Waals surface area contributed by atoms with Crippen molar-refractivity contribution in [3.63, 3.8) is 0 Å². The van der Waals surface area contributed by atoms with E-state index in [1.165, 1.54) is 5.56 Å². The van der Waals surface area contributed by atoms with Gasteiger partial charge in [-0.2, -0.15) is 0 Å². The Morgan fingerprint density at radius 2 is 1.92 bits per heavy atom. The van der Waals surface area contributed by atoms with Crippen molar-refractivity contribution >= 4 is 11.6 Å². The first kappa shape index (κ1) is 19.4. The van der Waals surface area contributed by atoms with Gasteiger partial charge in [-0.15, -0.1) is 0 Å². The van der Waals surface area contributed by atoms with Crippen molar-refractivity contribution in [1.82, 2.24) is 5.32 Å². The van der Waals surface area contributed by atoms with Crippen molar-refractivity contribution < 1.29 is 14.2 Å². The van der Waals surface area contributed by atoms with Crippen molar-refractivity contribution in [3.05, 3.63) is 48.0 Å². The molecule has 0 bridgehead atoms. The normalized spacial score (nSPS) is 11.0. The number of guanidine groups is 1. The second kappa shape index (κ2) is 10.2. The molecule has 0 saturated heterocycles. The maximum absolute atomic E-state index is 5.73. The summed E-state index contributed by atoms with van der Waals surface area (Å²) in [5, 5.41) is 6.46. The molecule has 0 saturated carbocycles. The van der Waals surface area contributed by atoms with E-state index in [1.807, 2.05) is 56.3 Å². The number of aryl methyl sites for hydroxylation is 1. The van der Waals surface area contributed by atoms with Gasteiger partial charge in [0.25, 0.3) is 0 Å². The van der Waals surface area contributed by atoms with Crippen LogP contribution in [-0.4, -0.2) is 39.9 Å². The number of nitrogens with zero attached hydrogens (tertiary/aromatic N) is 1. The highest BCUT2D eigenvalue weighted by atomic mass is 16.5. The molecule has 0 aliphatic heterocycles. The second-order valence-electron chi connectivity index (χ2n) is 5.59. The minimum atomic E-state index is 0.539. The molecular weight excluding hydrogens is 330 g/mol. The lowest BCUT2D eigenvalue weighted by Crippen LogP contribution is -2.33. The number of nitrogens with one attached hydrogen (secondary N) is 2. The Hall–Kier alpha value is -2.89. The standard InChI is InChI=1S/C20H27N3O3/c1-5-25-19-14-16(9-10-18(19)24-4)23-20(21-3)22-11-12-26-17-8-6-7-15(2)13-17/h6-10,13-14H,5,11-12H2,1-4H3,(H2,21,22,23). The topological polar surface area (TPSA) is 64.1 Å². The van der Waals surface area contributed by atoms with Gasteiger partial charge in [-0.1, -0.05) is 12.1 Å². The monoisotopic (exact) mass is 357 g/mol. The third-order valence-electron chi connectivity index (χ3n) is 3.60. The molecule has 0 unspecified atom stereocenters. The summed E-state index contributed by atoms with van der Waals surface area (Å²) in [6, 6.07) is 13.7. The molecule has 0 spiro atoms. The first-order chi connectivity index (χ1) is 12.7. The molecule has 6 nitrogen and oxygen atoms in total. The number of anilines is 1. The Bertz CT molecular complexity index is 732. The minimum absolute atomic E-state index is 0.539. The van der Waals surface area contributed by atoms with Crippen LogP contribution in [0.25, 0.3) is 0 Å². The number of hydrogen-bond donors (Lipinski definition) is 2. The van der Waals surface area contributed by atoms with E-state index in [-0.39, 0.29) is 0 Å². The number of ether oxygens (including phenoxy) is 3. The maximum atomic E-state index is 5.73. The van der Waals surface area contributed by atoms with Crippen LogP contribution in [0, 0.1) is 6.92 Å². The van der Waals surface area contributed by atoms with Crippen molar-refractivity contribution in [2.45, 2.75) is 13.8 Å². The largest absolute Gasteiger partial charge is 0.493 e. The number of methoxy groups -OCH3 is 1. The predicted octanol–water partition coefficient (Wildman–Crippen LogP) is 3.47. The molecule has 0 amide bonds. The van der Waals surface area contributed by atoms with Crippen LogP contribution in [-0.2, 0) is 0 Å². The number of benzene rings is 2. The molecule has 0 radical (unpaired) electrons. The summed E-state index contributed by atoms with van der Waals surface area (Å²) in [5.41, 5.74) is 2.04. The Morgan fingerprint density at radius 1 is 1.08 bits per heavy atom. The Kier molecular flexibility index (Phi) is 7.61. The van der Waals surface area contributed by atoms with Crippen LogP contribution < -0.4 is 24.8 Å². The molecule has 2 aromatic rings. The van der Waals surface area contributed by atoms with E-state index in [0.29, 0.717) is 37.2 Å². The summed E-state index contributed by atoms with van der Waals surface area (Å²) in [6.07, 6.45) is 0. The summed E-state index contributed by atoms with van der Waals surface area (Å²) >= 11 is 0.